The van der Waals surface area contributed by atoms with E-state index in [2.05, 4.69) is 35.0 Å². The van der Waals surface area contributed by atoms with Gasteiger partial charge in [-0.1, -0.05) is 18.2 Å². The molecule has 0 saturated carbocycles. The minimum absolute atomic E-state index is 0.00663. The van der Waals surface area contributed by atoms with Crippen LogP contribution in [0.3, 0.4) is 0 Å². The van der Waals surface area contributed by atoms with Crippen LogP contribution in [0.25, 0.3) is 21.8 Å². The van der Waals surface area contributed by atoms with Crippen molar-refractivity contribution in [2.45, 2.75) is 45.4 Å². The Kier molecular flexibility index (Phi) is 6.48. The lowest BCUT2D eigenvalue weighted by Gasteiger charge is -2.32. The van der Waals surface area contributed by atoms with Crippen LogP contribution in [0.5, 0.6) is 0 Å². The third kappa shape index (κ3) is 4.36. The zero-order chi connectivity index (χ0) is 22.8. The topological polar surface area (TPSA) is 77.8 Å². The number of hydrogen-bond donors (Lipinski definition) is 2. The molecule has 2 amide bonds. The fourth-order valence-corrected chi connectivity index (χ4v) is 4.48. The van der Waals surface area contributed by atoms with Gasteiger partial charge in [-0.25, -0.2) is 0 Å². The highest BCUT2D eigenvalue weighted by atomic mass is 16.3. The average Bonchev–Trinajstić information content (AvgIpc) is 3.11. The maximum Gasteiger partial charge on any atom is 0.241 e. The monoisotopic (exact) mass is 436 g/mol. The molecule has 1 fully saturated rings. The molecular formula is C25H32N4O3. The molecule has 0 spiro atoms. The first-order valence-electron chi connectivity index (χ1n) is 11.4. The van der Waals surface area contributed by atoms with Gasteiger partial charge < -0.3 is 19.9 Å². The molecule has 1 aliphatic rings. The van der Waals surface area contributed by atoms with Crippen molar-refractivity contribution < 1.29 is 14.7 Å². The number of likely N-dealkylation sites (tertiary alicyclic amines) is 1. The van der Waals surface area contributed by atoms with Crippen LogP contribution in [0.4, 0.5) is 5.69 Å². The number of aromatic nitrogens is 1. The van der Waals surface area contributed by atoms with Crippen molar-refractivity contribution in [1.82, 2.24) is 14.4 Å². The predicted octanol–water partition coefficient (Wildman–Crippen LogP) is 3.06. The first kappa shape index (κ1) is 22.3. The van der Waals surface area contributed by atoms with Crippen molar-refractivity contribution in [2.75, 3.05) is 32.0 Å². The number of para-hydroxylation sites is 1. The minimum Gasteiger partial charge on any atom is -0.393 e. The van der Waals surface area contributed by atoms with Crippen LogP contribution in [0, 0.1) is 0 Å². The van der Waals surface area contributed by atoms with E-state index in [9.17, 15) is 14.7 Å². The number of amides is 2. The van der Waals surface area contributed by atoms with E-state index >= 15 is 0 Å². The van der Waals surface area contributed by atoms with Crippen molar-refractivity contribution in [3.8, 4) is 0 Å². The van der Waals surface area contributed by atoms with Gasteiger partial charge in [0.25, 0.3) is 0 Å². The van der Waals surface area contributed by atoms with Crippen molar-refractivity contribution >= 4 is 39.3 Å². The van der Waals surface area contributed by atoms with Crippen LogP contribution < -0.4 is 5.32 Å². The summed E-state index contributed by atoms with van der Waals surface area (Å²) >= 11 is 0. The molecule has 0 radical (unpaired) electrons. The number of aryl methyl sites for hydroxylation is 1. The number of rotatable bonds is 6. The van der Waals surface area contributed by atoms with E-state index < -0.39 is 6.04 Å². The number of benzene rings is 2. The van der Waals surface area contributed by atoms with Gasteiger partial charge in [-0.2, -0.15) is 0 Å². The Morgan fingerprint density at radius 1 is 1.12 bits per heavy atom. The summed E-state index contributed by atoms with van der Waals surface area (Å²) in [6.07, 6.45) is 0.912. The number of piperidine rings is 1. The summed E-state index contributed by atoms with van der Waals surface area (Å²) in [4.78, 5) is 29.0. The highest BCUT2D eigenvalue weighted by Crippen LogP contribution is 2.31. The van der Waals surface area contributed by atoms with Gasteiger partial charge in [-0.05, 0) is 58.0 Å². The summed E-state index contributed by atoms with van der Waals surface area (Å²) in [6, 6.07) is 13.9. The highest BCUT2D eigenvalue weighted by Gasteiger charge is 2.25. The van der Waals surface area contributed by atoms with Gasteiger partial charge in [0, 0.05) is 47.1 Å². The van der Waals surface area contributed by atoms with E-state index in [4.69, 9.17) is 0 Å². The molecule has 2 heterocycles. The number of fused-ring (bicyclic) bond motifs is 3. The van der Waals surface area contributed by atoms with E-state index in [1.807, 2.05) is 31.2 Å². The summed E-state index contributed by atoms with van der Waals surface area (Å²) in [7, 11) is 1.79. The summed E-state index contributed by atoms with van der Waals surface area (Å²) < 4.78 is 2.28. The van der Waals surface area contributed by atoms with Crippen molar-refractivity contribution in [1.29, 1.82) is 0 Å². The van der Waals surface area contributed by atoms with E-state index in [0.717, 1.165) is 23.1 Å². The second-order valence-electron chi connectivity index (χ2n) is 8.69. The molecule has 1 aliphatic heterocycles. The number of aliphatic hydroxyl groups is 1. The molecule has 4 rings (SSSR count). The summed E-state index contributed by atoms with van der Waals surface area (Å²) in [6.45, 7) is 6.13. The molecule has 7 heteroatoms. The fraction of sp³-hybridized carbons (Fsp3) is 0.440. The fourth-order valence-electron chi connectivity index (χ4n) is 4.48. The number of nitrogens with zero attached hydrogens (tertiary/aromatic N) is 3. The second-order valence-corrected chi connectivity index (χ2v) is 8.69. The minimum atomic E-state index is -0.456. The number of carbonyl (C=O) groups excluding carboxylic acids is 2. The molecule has 1 saturated heterocycles. The van der Waals surface area contributed by atoms with Crippen LogP contribution in [0.1, 0.15) is 26.7 Å². The first-order valence-corrected chi connectivity index (χ1v) is 11.4. The maximum atomic E-state index is 12.9. The lowest BCUT2D eigenvalue weighted by atomic mass is 10.1. The predicted molar refractivity (Wildman–Crippen MR) is 128 cm³/mol. The summed E-state index contributed by atoms with van der Waals surface area (Å²) in [5.74, 6) is -0.152. The van der Waals surface area contributed by atoms with Crippen molar-refractivity contribution in [3.05, 3.63) is 42.5 Å². The third-order valence-corrected chi connectivity index (χ3v) is 6.60. The van der Waals surface area contributed by atoms with Gasteiger partial charge in [0.2, 0.25) is 11.8 Å². The Labute approximate surface area is 188 Å². The normalized spacial score (nSPS) is 16.1. The quantitative estimate of drug-likeness (QED) is 0.623. The van der Waals surface area contributed by atoms with Crippen LogP contribution >= 0.6 is 0 Å². The SMILES string of the molecule is CCn1c2ccccc2c2cc(NC(=O)C(C)N(C)CC(=O)N3CCC(O)CC3)ccc21. The van der Waals surface area contributed by atoms with E-state index in [-0.39, 0.29) is 24.5 Å². The van der Waals surface area contributed by atoms with E-state index in [1.54, 1.807) is 16.8 Å². The lowest BCUT2D eigenvalue weighted by molar-refractivity contribution is -0.135. The number of carbonyl (C=O) groups is 2. The molecule has 2 N–H and O–H groups in total. The van der Waals surface area contributed by atoms with Crippen LogP contribution in [0.15, 0.2) is 42.5 Å². The zero-order valence-electron chi connectivity index (χ0n) is 19.0. The van der Waals surface area contributed by atoms with Gasteiger partial charge in [0.05, 0.1) is 18.7 Å². The van der Waals surface area contributed by atoms with Crippen LogP contribution in [-0.4, -0.2) is 70.1 Å². The molecule has 32 heavy (non-hydrogen) atoms. The van der Waals surface area contributed by atoms with E-state index in [0.29, 0.717) is 25.9 Å². The van der Waals surface area contributed by atoms with Crippen LogP contribution in [0.2, 0.25) is 0 Å². The Morgan fingerprint density at radius 3 is 2.53 bits per heavy atom. The Balaban J connectivity index is 1.44. The number of anilines is 1. The Bertz CT molecular complexity index is 1130. The molecule has 3 aromatic rings. The molecule has 1 aromatic heterocycles. The molecule has 1 atom stereocenters. The third-order valence-electron chi connectivity index (χ3n) is 6.60. The second kappa shape index (κ2) is 9.30. The highest BCUT2D eigenvalue weighted by molar-refractivity contribution is 6.10. The van der Waals surface area contributed by atoms with Gasteiger partial charge in [-0.15, -0.1) is 0 Å². The smallest absolute Gasteiger partial charge is 0.241 e. The summed E-state index contributed by atoms with van der Waals surface area (Å²) in [5.41, 5.74) is 3.08. The molecule has 1 unspecified atom stereocenters. The van der Waals surface area contributed by atoms with Gasteiger partial charge >= 0.3 is 0 Å². The summed E-state index contributed by atoms with van der Waals surface area (Å²) in [5, 5.41) is 14.9. The van der Waals surface area contributed by atoms with Gasteiger partial charge in [-0.3, -0.25) is 14.5 Å². The largest absolute Gasteiger partial charge is 0.393 e. The average molecular weight is 437 g/mol. The van der Waals surface area contributed by atoms with Crippen molar-refractivity contribution in [3.63, 3.8) is 0 Å². The molecule has 7 nitrogen and oxygen atoms in total. The number of likely N-dealkylation sites (N-methyl/N-ethyl adjacent to an activating group) is 1. The van der Waals surface area contributed by atoms with Crippen molar-refractivity contribution in [2.24, 2.45) is 0 Å². The maximum absolute atomic E-state index is 12.9. The zero-order valence-corrected chi connectivity index (χ0v) is 19.0. The number of hydrogen-bond acceptors (Lipinski definition) is 4. The Hall–Kier alpha value is -2.90. The molecule has 2 aromatic carbocycles. The molecule has 170 valence electrons. The van der Waals surface area contributed by atoms with Gasteiger partial charge in [0.1, 0.15) is 0 Å². The van der Waals surface area contributed by atoms with Gasteiger partial charge in [0.15, 0.2) is 0 Å². The number of aliphatic hydroxyl groups excluding tert-OH is 1. The molecule has 0 bridgehead atoms. The number of nitrogens with one attached hydrogen (secondary N) is 1. The van der Waals surface area contributed by atoms with E-state index in [1.165, 1.54) is 10.9 Å². The first-order chi connectivity index (χ1) is 15.4. The molecule has 0 aliphatic carbocycles. The standard InChI is InChI=1S/C25H32N4O3/c1-4-29-22-8-6-5-7-20(22)21-15-18(9-10-23(21)29)26-25(32)17(2)27(3)16-24(31)28-13-11-19(30)12-14-28/h5-10,15,17,19,30H,4,11-14,16H2,1-3H3,(H,26,32). The van der Waals surface area contributed by atoms with Crippen LogP contribution in [-0.2, 0) is 16.1 Å². The molecular weight excluding hydrogens is 404 g/mol. The lowest BCUT2D eigenvalue weighted by Crippen LogP contribution is -2.48. The Morgan fingerprint density at radius 2 is 1.81 bits per heavy atom.